The number of amides is 1. The molecule has 2 heterocycles. The predicted octanol–water partition coefficient (Wildman–Crippen LogP) is 2.45. The molecule has 0 spiro atoms. The Morgan fingerprint density at radius 2 is 2.00 bits per heavy atom. The van der Waals surface area contributed by atoms with Crippen LogP contribution in [0.25, 0.3) is 10.9 Å². The average molecular weight is 326 g/mol. The fourth-order valence-corrected chi connectivity index (χ4v) is 3.99. The molecule has 0 unspecified atom stereocenters. The first kappa shape index (κ1) is 15.2. The van der Waals surface area contributed by atoms with Gasteiger partial charge in [0.2, 0.25) is 5.91 Å². The first-order valence-electron chi connectivity index (χ1n) is 8.63. The lowest BCUT2D eigenvalue weighted by Crippen LogP contribution is -2.43. The minimum atomic E-state index is -0.794. The number of benzene rings is 1. The molecular weight excluding hydrogens is 304 g/mol. The van der Waals surface area contributed by atoms with E-state index in [-0.39, 0.29) is 24.3 Å². The normalized spacial score (nSPS) is 20.0. The Hall–Kier alpha value is -2.30. The standard InChI is InChI=1S/C19H22N2O3/c1-20(19(24)12-6-7-12)13-8-9-17-15(10-18(22)23)14-4-2-3-5-16(14)21(17)11-13/h2-5,12-13H,6-11H2,1H3,(H,22,23)/t13-/m1/s1. The molecule has 1 saturated carbocycles. The van der Waals surface area contributed by atoms with Crippen LogP contribution in [0.3, 0.4) is 0 Å². The molecule has 2 aromatic rings. The largest absolute Gasteiger partial charge is 0.481 e. The molecule has 5 heteroatoms. The molecule has 1 aromatic heterocycles. The highest BCUT2D eigenvalue weighted by molar-refractivity contribution is 5.89. The van der Waals surface area contributed by atoms with E-state index in [1.807, 2.05) is 30.1 Å². The van der Waals surface area contributed by atoms with Crippen LogP contribution in [-0.4, -0.2) is 39.5 Å². The van der Waals surface area contributed by atoms with E-state index in [0.29, 0.717) is 0 Å². The molecule has 24 heavy (non-hydrogen) atoms. The SMILES string of the molecule is CN(C(=O)C1CC1)[C@@H]1CCc2c(CC(=O)O)c3ccccc3n2C1. The van der Waals surface area contributed by atoms with Gasteiger partial charge in [0, 0.05) is 42.1 Å². The third kappa shape index (κ3) is 2.48. The van der Waals surface area contributed by atoms with Gasteiger partial charge in [0.05, 0.1) is 6.42 Å². The zero-order valence-corrected chi connectivity index (χ0v) is 13.9. The lowest BCUT2D eigenvalue weighted by Gasteiger charge is -2.33. The van der Waals surface area contributed by atoms with E-state index >= 15 is 0 Å². The summed E-state index contributed by atoms with van der Waals surface area (Å²) in [5.74, 6) is -0.289. The van der Waals surface area contributed by atoms with Crippen LogP contribution in [0.4, 0.5) is 0 Å². The molecule has 0 radical (unpaired) electrons. The molecule has 1 aliphatic heterocycles. The van der Waals surface area contributed by atoms with Gasteiger partial charge in [-0.2, -0.15) is 0 Å². The topological polar surface area (TPSA) is 62.5 Å². The summed E-state index contributed by atoms with van der Waals surface area (Å²) < 4.78 is 2.23. The monoisotopic (exact) mass is 326 g/mol. The smallest absolute Gasteiger partial charge is 0.307 e. The van der Waals surface area contributed by atoms with Crippen molar-refractivity contribution in [1.29, 1.82) is 0 Å². The van der Waals surface area contributed by atoms with Crippen molar-refractivity contribution in [3.63, 3.8) is 0 Å². The van der Waals surface area contributed by atoms with Crippen LogP contribution in [-0.2, 0) is 29.0 Å². The van der Waals surface area contributed by atoms with Crippen molar-refractivity contribution in [1.82, 2.24) is 9.47 Å². The molecule has 1 N–H and O–H groups in total. The van der Waals surface area contributed by atoms with Crippen molar-refractivity contribution in [2.24, 2.45) is 5.92 Å². The van der Waals surface area contributed by atoms with Crippen LogP contribution in [0.2, 0.25) is 0 Å². The molecule has 1 aliphatic carbocycles. The predicted molar refractivity (Wildman–Crippen MR) is 90.9 cm³/mol. The summed E-state index contributed by atoms with van der Waals surface area (Å²) in [6.07, 6.45) is 3.83. The van der Waals surface area contributed by atoms with Gasteiger partial charge in [-0.3, -0.25) is 9.59 Å². The Morgan fingerprint density at radius 3 is 2.71 bits per heavy atom. The van der Waals surface area contributed by atoms with E-state index in [4.69, 9.17) is 0 Å². The van der Waals surface area contributed by atoms with Gasteiger partial charge in [0.25, 0.3) is 0 Å². The number of hydrogen-bond donors (Lipinski definition) is 1. The van der Waals surface area contributed by atoms with Crippen molar-refractivity contribution in [3.05, 3.63) is 35.5 Å². The van der Waals surface area contributed by atoms with Crippen LogP contribution >= 0.6 is 0 Å². The number of likely N-dealkylation sites (N-methyl/N-ethyl adjacent to an activating group) is 1. The van der Waals surface area contributed by atoms with Gasteiger partial charge in [-0.1, -0.05) is 18.2 Å². The highest BCUT2D eigenvalue weighted by atomic mass is 16.4. The number of carboxylic acid groups (broad SMARTS) is 1. The zero-order chi connectivity index (χ0) is 16.8. The molecule has 4 rings (SSSR count). The summed E-state index contributed by atoms with van der Waals surface area (Å²) in [4.78, 5) is 25.6. The summed E-state index contributed by atoms with van der Waals surface area (Å²) in [6, 6.07) is 8.20. The molecule has 0 saturated heterocycles. The van der Waals surface area contributed by atoms with Gasteiger partial charge in [0.1, 0.15) is 0 Å². The molecular formula is C19H22N2O3. The first-order chi connectivity index (χ1) is 11.6. The Kier molecular flexibility index (Phi) is 3.59. The van der Waals surface area contributed by atoms with Gasteiger partial charge in [-0.15, -0.1) is 0 Å². The van der Waals surface area contributed by atoms with Crippen molar-refractivity contribution >= 4 is 22.8 Å². The third-order valence-electron chi connectivity index (χ3n) is 5.45. The number of aromatic nitrogens is 1. The molecule has 1 atom stereocenters. The number of carbonyl (C=O) groups excluding carboxylic acids is 1. The maximum atomic E-state index is 12.4. The maximum absolute atomic E-state index is 12.4. The van der Waals surface area contributed by atoms with Gasteiger partial charge >= 0.3 is 5.97 Å². The molecule has 5 nitrogen and oxygen atoms in total. The number of para-hydroxylation sites is 1. The van der Waals surface area contributed by atoms with Crippen molar-refractivity contribution in [2.75, 3.05) is 7.05 Å². The number of carbonyl (C=O) groups is 2. The van der Waals surface area contributed by atoms with Crippen LogP contribution in [0.15, 0.2) is 24.3 Å². The molecule has 1 aromatic carbocycles. The minimum Gasteiger partial charge on any atom is -0.481 e. The van der Waals surface area contributed by atoms with E-state index in [9.17, 15) is 14.7 Å². The van der Waals surface area contributed by atoms with Crippen molar-refractivity contribution in [3.8, 4) is 0 Å². The van der Waals surface area contributed by atoms with Crippen LogP contribution in [0.5, 0.6) is 0 Å². The van der Waals surface area contributed by atoms with E-state index < -0.39 is 5.97 Å². The number of nitrogens with zero attached hydrogens (tertiary/aromatic N) is 2. The van der Waals surface area contributed by atoms with Crippen LogP contribution < -0.4 is 0 Å². The fraction of sp³-hybridized carbons (Fsp3) is 0.474. The fourth-order valence-electron chi connectivity index (χ4n) is 3.99. The van der Waals surface area contributed by atoms with Gasteiger partial charge in [-0.25, -0.2) is 0 Å². The molecule has 1 fully saturated rings. The van der Waals surface area contributed by atoms with Crippen molar-refractivity contribution in [2.45, 2.75) is 44.7 Å². The maximum Gasteiger partial charge on any atom is 0.307 e. The molecule has 0 bridgehead atoms. The summed E-state index contributed by atoms with van der Waals surface area (Å²) in [6.45, 7) is 0.754. The summed E-state index contributed by atoms with van der Waals surface area (Å²) in [5.41, 5.74) is 3.15. The highest BCUT2D eigenvalue weighted by Crippen LogP contribution is 2.35. The number of hydrogen-bond acceptors (Lipinski definition) is 2. The Labute approximate surface area is 140 Å². The van der Waals surface area contributed by atoms with E-state index in [2.05, 4.69) is 10.6 Å². The lowest BCUT2D eigenvalue weighted by molar-refractivity contribution is -0.136. The van der Waals surface area contributed by atoms with Gasteiger partial charge in [-0.05, 0) is 37.3 Å². The quantitative estimate of drug-likeness (QED) is 0.939. The number of aliphatic carboxylic acids is 1. The van der Waals surface area contributed by atoms with Crippen LogP contribution in [0.1, 0.15) is 30.5 Å². The Bertz CT molecular complexity index is 819. The summed E-state index contributed by atoms with van der Waals surface area (Å²) >= 11 is 0. The second-order valence-electron chi connectivity index (χ2n) is 7.04. The second-order valence-corrected chi connectivity index (χ2v) is 7.04. The number of rotatable bonds is 4. The molecule has 126 valence electrons. The summed E-state index contributed by atoms with van der Waals surface area (Å²) in [7, 11) is 1.92. The average Bonchev–Trinajstić information content (AvgIpc) is 3.39. The number of fused-ring (bicyclic) bond motifs is 3. The van der Waals surface area contributed by atoms with E-state index in [0.717, 1.165) is 54.4 Å². The minimum absolute atomic E-state index is 0.0599. The Morgan fingerprint density at radius 1 is 1.25 bits per heavy atom. The van der Waals surface area contributed by atoms with Gasteiger partial charge in [0.15, 0.2) is 0 Å². The number of carboxylic acids is 1. The van der Waals surface area contributed by atoms with Gasteiger partial charge < -0.3 is 14.6 Å². The molecule has 1 amide bonds. The Balaban J connectivity index is 1.70. The van der Waals surface area contributed by atoms with Crippen molar-refractivity contribution < 1.29 is 14.7 Å². The summed E-state index contributed by atoms with van der Waals surface area (Å²) in [5, 5.41) is 10.3. The third-order valence-corrected chi connectivity index (χ3v) is 5.45. The first-order valence-corrected chi connectivity index (χ1v) is 8.63. The van der Waals surface area contributed by atoms with Crippen LogP contribution in [0, 0.1) is 5.92 Å². The highest BCUT2D eigenvalue weighted by Gasteiger charge is 2.36. The van der Waals surface area contributed by atoms with E-state index in [1.165, 1.54) is 0 Å². The molecule has 2 aliphatic rings. The lowest BCUT2D eigenvalue weighted by atomic mass is 9.99. The van der Waals surface area contributed by atoms with E-state index in [1.54, 1.807) is 0 Å². The second kappa shape index (κ2) is 5.65. The zero-order valence-electron chi connectivity index (χ0n) is 13.9.